The van der Waals surface area contributed by atoms with Crippen LogP contribution in [0, 0.1) is 6.92 Å². The maximum Gasteiger partial charge on any atom is 0.253 e. The van der Waals surface area contributed by atoms with E-state index in [4.69, 9.17) is 9.72 Å². The number of nitrogens with one attached hydrogen (secondary N) is 1. The highest BCUT2D eigenvalue weighted by atomic mass is 16.5. The molecule has 2 aliphatic rings. The van der Waals surface area contributed by atoms with Gasteiger partial charge in [-0.2, -0.15) is 0 Å². The van der Waals surface area contributed by atoms with E-state index in [-0.39, 0.29) is 12.0 Å². The number of pyridine rings is 2. The Hall–Kier alpha value is -3.09. The van der Waals surface area contributed by atoms with Crippen molar-refractivity contribution in [2.24, 2.45) is 0 Å². The molecule has 7 heteroatoms. The molecule has 3 aromatic heterocycles. The predicted molar refractivity (Wildman–Crippen MR) is 101 cm³/mol. The van der Waals surface area contributed by atoms with Gasteiger partial charge in [-0.3, -0.25) is 4.79 Å². The van der Waals surface area contributed by atoms with Gasteiger partial charge in [0, 0.05) is 50.6 Å². The van der Waals surface area contributed by atoms with Gasteiger partial charge in [0.15, 0.2) is 0 Å². The quantitative estimate of drug-likeness (QED) is 0.773. The van der Waals surface area contributed by atoms with Crippen LogP contribution in [0.5, 0.6) is 5.75 Å². The number of nitrogens with zero attached hydrogens (tertiary/aromatic N) is 4. The minimum Gasteiger partial charge on any atom is -0.490 e. The van der Waals surface area contributed by atoms with Crippen LogP contribution in [-0.4, -0.2) is 39.5 Å². The lowest BCUT2D eigenvalue weighted by Gasteiger charge is -2.34. The van der Waals surface area contributed by atoms with Crippen molar-refractivity contribution in [3.05, 3.63) is 53.6 Å². The van der Waals surface area contributed by atoms with Crippen molar-refractivity contribution >= 4 is 17.4 Å². The van der Waals surface area contributed by atoms with Gasteiger partial charge in [0.1, 0.15) is 23.3 Å². The number of carbonyl (C=O) groups excluding carboxylic acids is 1. The number of fused-ring (bicyclic) bond motifs is 2. The molecule has 0 aliphatic carbocycles. The smallest absolute Gasteiger partial charge is 0.253 e. The zero-order chi connectivity index (χ0) is 18.4. The standard InChI is InChI=1S/C20H21N5O2/c1-13-10-16-17(12-22-20(16)26)23-19(13)25-7-2-14(3-8-25)27-15-4-6-24-9-5-21-18(24)11-15/h4-6,9-11,14H,2-3,7-8,12H2,1H3,(H,22,26). The average Bonchev–Trinajstić information content (AvgIpc) is 3.28. The number of ether oxygens (including phenoxy) is 1. The third-order valence-electron chi connectivity index (χ3n) is 5.34. The van der Waals surface area contributed by atoms with Gasteiger partial charge >= 0.3 is 0 Å². The third-order valence-corrected chi connectivity index (χ3v) is 5.34. The Balaban J connectivity index is 1.27. The van der Waals surface area contributed by atoms with Crippen molar-refractivity contribution in [1.82, 2.24) is 19.7 Å². The normalized spacial score (nSPS) is 17.2. The van der Waals surface area contributed by atoms with Gasteiger partial charge in [-0.15, -0.1) is 0 Å². The fraction of sp³-hybridized carbons (Fsp3) is 0.350. The number of carbonyl (C=O) groups is 1. The number of aromatic nitrogens is 3. The summed E-state index contributed by atoms with van der Waals surface area (Å²) in [7, 11) is 0. The molecule has 0 aromatic carbocycles. The fourth-order valence-corrected chi connectivity index (χ4v) is 3.89. The molecule has 0 spiro atoms. The van der Waals surface area contributed by atoms with E-state index in [0.29, 0.717) is 12.1 Å². The van der Waals surface area contributed by atoms with Crippen LogP contribution < -0.4 is 15.0 Å². The molecule has 1 N–H and O–H groups in total. The summed E-state index contributed by atoms with van der Waals surface area (Å²) in [5.41, 5.74) is 3.51. The molecule has 3 aromatic rings. The number of imidazole rings is 1. The van der Waals surface area contributed by atoms with Gasteiger partial charge in [0.25, 0.3) is 5.91 Å². The van der Waals surface area contributed by atoms with Crippen LogP contribution >= 0.6 is 0 Å². The Kier molecular flexibility index (Phi) is 3.74. The number of aryl methyl sites for hydroxylation is 1. The Morgan fingerprint density at radius 2 is 2.07 bits per heavy atom. The first-order valence-corrected chi connectivity index (χ1v) is 9.30. The Labute approximate surface area is 157 Å². The number of amides is 1. The van der Waals surface area contributed by atoms with Crippen LogP contribution in [0.15, 0.2) is 36.8 Å². The summed E-state index contributed by atoms with van der Waals surface area (Å²) in [5, 5.41) is 2.84. The molecule has 0 saturated carbocycles. The fourth-order valence-electron chi connectivity index (χ4n) is 3.89. The van der Waals surface area contributed by atoms with Gasteiger partial charge in [0.05, 0.1) is 17.8 Å². The zero-order valence-corrected chi connectivity index (χ0v) is 15.2. The van der Waals surface area contributed by atoms with Crippen LogP contribution in [0.3, 0.4) is 0 Å². The summed E-state index contributed by atoms with van der Waals surface area (Å²) < 4.78 is 8.15. The second-order valence-electron chi connectivity index (χ2n) is 7.17. The van der Waals surface area contributed by atoms with Gasteiger partial charge in [-0.1, -0.05) is 0 Å². The molecular weight excluding hydrogens is 342 g/mol. The summed E-state index contributed by atoms with van der Waals surface area (Å²) >= 11 is 0. The minimum atomic E-state index is -0.0197. The van der Waals surface area contributed by atoms with E-state index < -0.39 is 0 Å². The van der Waals surface area contributed by atoms with Gasteiger partial charge in [-0.25, -0.2) is 9.97 Å². The van der Waals surface area contributed by atoms with E-state index in [1.807, 2.05) is 41.9 Å². The Morgan fingerprint density at radius 1 is 1.22 bits per heavy atom. The number of hydrogen-bond acceptors (Lipinski definition) is 5. The molecule has 5 rings (SSSR count). The van der Waals surface area contributed by atoms with E-state index >= 15 is 0 Å². The average molecular weight is 363 g/mol. The summed E-state index contributed by atoms with van der Waals surface area (Å²) in [6.45, 7) is 4.34. The summed E-state index contributed by atoms with van der Waals surface area (Å²) in [6.07, 6.45) is 7.75. The Morgan fingerprint density at radius 3 is 2.93 bits per heavy atom. The largest absolute Gasteiger partial charge is 0.490 e. The third kappa shape index (κ3) is 2.89. The monoisotopic (exact) mass is 363 g/mol. The van der Waals surface area contributed by atoms with Gasteiger partial charge < -0.3 is 19.4 Å². The lowest BCUT2D eigenvalue weighted by molar-refractivity contribution is 0.0965. The van der Waals surface area contributed by atoms with E-state index in [1.165, 1.54) is 0 Å². The summed E-state index contributed by atoms with van der Waals surface area (Å²) in [6, 6.07) is 5.92. The van der Waals surface area contributed by atoms with Crippen molar-refractivity contribution in [3.8, 4) is 5.75 Å². The SMILES string of the molecule is Cc1cc2c(nc1N1CCC(Oc3ccn4ccnc4c3)CC1)CNC2=O. The molecule has 2 aliphatic heterocycles. The van der Waals surface area contributed by atoms with Crippen molar-refractivity contribution in [3.63, 3.8) is 0 Å². The van der Waals surface area contributed by atoms with Gasteiger partial charge in [0.2, 0.25) is 0 Å². The molecule has 0 radical (unpaired) electrons. The van der Waals surface area contributed by atoms with Crippen molar-refractivity contribution in [2.75, 3.05) is 18.0 Å². The van der Waals surface area contributed by atoms with Crippen LogP contribution in [0.25, 0.3) is 5.65 Å². The number of rotatable bonds is 3. The zero-order valence-electron chi connectivity index (χ0n) is 15.2. The number of hydrogen-bond donors (Lipinski definition) is 1. The van der Waals surface area contributed by atoms with Crippen molar-refractivity contribution in [2.45, 2.75) is 32.4 Å². The second kappa shape index (κ2) is 6.26. The van der Waals surface area contributed by atoms with E-state index in [9.17, 15) is 4.79 Å². The van der Waals surface area contributed by atoms with Crippen molar-refractivity contribution < 1.29 is 9.53 Å². The van der Waals surface area contributed by atoms with E-state index in [1.54, 1.807) is 6.20 Å². The highest BCUT2D eigenvalue weighted by Crippen LogP contribution is 2.27. The first-order valence-electron chi connectivity index (χ1n) is 9.30. The molecule has 0 bridgehead atoms. The lowest BCUT2D eigenvalue weighted by atomic mass is 10.1. The van der Waals surface area contributed by atoms with Crippen LogP contribution in [0.4, 0.5) is 5.82 Å². The Bertz CT molecular complexity index is 1020. The van der Waals surface area contributed by atoms with Crippen LogP contribution in [0.1, 0.15) is 34.5 Å². The summed E-state index contributed by atoms with van der Waals surface area (Å²) in [5.74, 6) is 1.83. The first-order chi connectivity index (χ1) is 13.2. The molecular formula is C20H21N5O2. The first kappa shape index (κ1) is 16.1. The minimum absolute atomic E-state index is 0.0197. The molecule has 5 heterocycles. The highest BCUT2D eigenvalue weighted by molar-refractivity contribution is 5.98. The van der Waals surface area contributed by atoms with Crippen molar-refractivity contribution in [1.29, 1.82) is 0 Å². The topological polar surface area (TPSA) is 71.8 Å². The number of anilines is 1. The van der Waals surface area contributed by atoms with Gasteiger partial charge in [-0.05, 0) is 24.6 Å². The predicted octanol–water partition coefficient (Wildman–Crippen LogP) is 2.33. The molecule has 7 nitrogen and oxygen atoms in total. The molecule has 1 fully saturated rings. The molecule has 1 saturated heterocycles. The van der Waals surface area contributed by atoms with Crippen LogP contribution in [0.2, 0.25) is 0 Å². The molecule has 0 unspecified atom stereocenters. The molecule has 27 heavy (non-hydrogen) atoms. The summed E-state index contributed by atoms with van der Waals surface area (Å²) in [4.78, 5) is 23.2. The molecule has 0 atom stereocenters. The lowest BCUT2D eigenvalue weighted by Crippen LogP contribution is -2.39. The maximum atomic E-state index is 11.8. The second-order valence-corrected chi connectivity index (χ2v) is 7.17. The van der Waals surface area contributed by atoms with E-state index in [0.717, 1.165) is 54.4 Å². The highest BCUT2D eigenvalue weighted by Gasteiger charge is 2.26. The molecule has 1 amide bonds. The molecule has 138 valence electrons. The number of piperidine rings is 1. The van der Waals surface area contributed by atoms with E-state index in [2.05, 4.69) is 15.2 Å². The maximum absolute atomic E-state index is 11.8. The van der Waals surface area contributed by atoms with Crippen LogP contribution in [-0.2, 0) is 6.54 Å².